The second-order valence-electron chi connectivity index (χ2n) is 7.78. The molecule has 6 nitrogen and oxygen atoms in total. The summed E-state index contributed by atoms with van der Waals surface area (Å²) >= 11 is 1.67. The Morgan fingerprint density at radius 1 is 1.41 bits per heavy atom. The highest BCUT2D eigenvalue weighted by molar-refractivity contribution is 7.07. The quantitative estimate of drug-likeness (QED) is 0.859. The van der Waals surface area contributed by atoms with Crippen LogP contribution < -0.4 is 0 Å². The zero-order chi connectivity index (χ0) is 19.0. The molecule has 0 bridgehead atoms. The molecule has 7 heteroatoms. The van der Waals surface area contributed by atoms with Crippen LogP contribution >= 0.6 is 11.3 Å². The summed E-state index contributed by atoms with van der Waals surface area (Å²) in [6, 6.07) is 4.25. The fourth-order valence-electron chi connectivity index (χ4n) is 4.29. The minimum Gasteiger partial charge on any atom is -0.337 e. The molecule has 3 heterocycles. The molecule has 2 amide bonds. The van der Waals surface area contributed by atoms with Gasteiger partial charge in [0.2, 0.25) is 5.91 Å². The smallest absolute Gasteiger partial charge is 0.274 e. The average Bonchev–Trinajstić information content (AvgIpc) is 3.08. The monoisotopic (exact) mass is 386 g/mol. The Morgan fingerprint density at radius 2 is 2.19 bits per heavy atom. The van der Waals surface area contributed by atoms with Gasteiger partial charge >= 0.3 is 0 Å². The van der Waals surface area contributed by atoms with Crippen molar-refractivity contribution in [3.63, 3.8) is 0 Å². The van der Waals surface area contributed by atoms with Gasteiger partial charge in [-0.05, 0) is 59.6 Å². The van der Waals surface area contributed by atoms with Gasteiger partial charge in [-0.1, -0.05) is 6.92 Å². The predicted octanol–water partition coefficient (Wildman–Crippen LogP) is 3.08. The number of hydrogen-bond acceptors (Lipinski definition) is 4. The number of amides is 2. The van der Waals surface area contributed by atoms with Crippen LogP contribution in [0.15, 0.2) is 22.9 Å². The molecule has 0 unspecified atom stereocenters. The summed E-state index contributed by atoms with van der Waals surface area (Å²) in [6.45, 7) is 5.89. The van der Waals surface area contributed by atoms with Crippen molar-refractivity contribution in [2.24, 2.45) is 5.41 Å². The summed E-state index contributed by atoms with van der Waals surface area (Å²) in [5.41, 5.74) is 2.89. The van der Waals surface area contributed by atoms with Gasteiger partial charge in [0.15, 0.2) is 0 Å². The number of piperidine rings is 1. The largest absolute Gasteiger partial charge is 0.337 e. The number of aromatic nitrogens is 2. The second kappa shape index (κ2) is 7.11. The number of hydrogen-bond donors (Lipinski definition) is 1. The highest BCUT2D eigenvalue weighted by Crippen LogP contribution is 2.57. The molecule has 27 heavy (non-hydrogen) atoms. The molecule has 144 valence electrons. The predicted molar refractivity (Wildman–Crippen MR) is 104 cm³/mol. The number of aromatic amines is 1. The van der Waals surface area contributed by atoms with Gasteiger partial charge in [-0.15, -0.1) is 0 Å². The summed E-state index contributed by atoms with van der Waals surface area (Å²) in [4.78, 5) is 28.8. The molecular formula is C20H26N4O2S. The minimum absolute atomic E-state index is 0.0136. The van der Waals surface area contributed by atoms with Gasteiger partial charge in [-0.3, -0.25) is 14.7 Å². The first kappa shape index (κ1) is 18.2. The van der Waals surface area contributed by atoms with Crippen LogP contribution in [0.1, 0.15) is 54.9 Å². The highest BCUT2D eigenvalue weighted by Gasteiger charge is 2.58. The molecule has 1 saturated carbocycles. The number of likely N-dealkylation sites (tertiary alicyclic amines) is 1. The van der Waals surface area contributed by atoms with Crippen LogP contribution in [0.3, 0.4) is 0 Å². The lowest BCUT2D eigenvalue weighted by Gasteiger charge is -2.34. The lowest BCUT2D eigenvalue weighted by Crippen LogP contribution is -2.42. The van der Waals surface area contributed by atoms with Crippen LogP contribution in [0.2, 0.25) is 0 Å². The zero-order valence-corrected chi connectivity index (χ0v) is 16.7. The van der Waals surface area contributed by atoms with Crippen LogP contribution in [-0.2, 0) is 17.8 Å². The van der Waals surface area contributed by atoms with E-state index < -0.39 is 0 Å². The molecule has 1 atom stereocenters. The van der Waals surface area contributed by atoms with Gasteiger partial charge in [-0.25, -0.2) is 0 Å². The Morgan fingerprint density at radius 3 is 2.78 bits per heavy atom. The molecule has 2 aliphatic rings. The van der Waals surface area contributed by atoms with Crippen molar-refractivity contribution < 1.29 is 9.59 Å². The van der Waals surface area contributed by atoms with Gasteiger partial charge < -0.3 is 9.80 Å². The zero-order valence-electron chi connectivity index (χ0n) is 15.9. The topological polar surface area (TPSA) is 69.3 Å². The molecule has 1 spiro atoms. The SMILES string of the molecule is CCc1cc(C(=O)N2CCC3(CC2)C[C@@H]3N(Cc2ccsc2)C(C)=O)n[nH]1. The molecule has 1 aliphatic heterocycles. The number of nitrogens with zero attached hydrogens (tertiary/aromatic N) is 3. The number of aryl methyl sites for hydroxylation is 1. The molecule has 1 aliphatic carbocycles. The Balaban J connectivity index is 1.37. The van der Waals surface area contributed by atoms with Gasteiger partial charge in [0, 0.05) is 38.3 Å². The molecule has 2 aromatic rings. The van der Waals surface area contributed by atoms with E-state index in [4.69, 9.17) is 0 Å². The van der Waals surface area contributed by atoms with Crippen LogP contribution in [-0.4, -0.2) is 50.9 Å². The molecular weight excluding hydrogens is 360 g/mol. The van der Waals surface area contributed by atoms with Crippen molar-refractivity contribution in [1.29, 1.82) is 0 Å². The number of H-pyrrole nitrogens is 1. The summed E-state index contributed by atoms with van der Waals surface area (Å²) < 4.78 is 0. The molecule has 4 rings (SSSR count). The number of carbonyl (C=O) groups is 2. The normalized spacial score (nSPS) is 20.7. The number of thiophene rings is 1. The van der Waals surface area contributed by atoms with E-state index in [0.717, 1.165) is 44.5 Å². The average molecular weight is 387 g/mol. The van der Waals surface area contributed by atoms with Crippen molar-refractivity contribution in [1.82, 2.24) is 20.0 Å². The van der Waals surface area contributed by atoms with Crippen molar-refractivity contribution in [3.05, 3.63) is 39.8 Å². The summed E-state index contributed by atoms with van der Waals surface area (Å²) in [6.07, 6.45) is 3.82. The van der Waals surface area contributed by atoms with E-state index >= 15 is 0 Å². The van der Waals surface area contributed by atoms with Gasteiger partial charge in [0.25, 0.3) is 5.91 Å². The first-order valence-corrected chi connectivity index (χ1v) is 10.6. The number of rotatable bonds is 5. The first-order chi connectivity index (χ1) is 13.0. The molecule has 0 aromatic carbocycles. The fourth-order valence-corrected chi connectivity index (χ4v) is 4.95. The molecule has 2 aromatic heterocycles. The third kappa shape index (κ3) is 3.52. The summed E-state index contributed by atoms with van der Waals surface area (Å²) in [5, 5.41) is 11.2. The van der Waals surface area contributed by atoms with E-state index in [1.54, 1.807) is 18.3 Å². The van der Waals surface area contributed by atoms with Crippen molar-refractivity contribution >= 4 is 23.2 Å². The minimum atomic E-state index is 0.0136. The van der Waals surface area contributed by atoms with Crippen molar-refractivity contribution in [3.8, 4) is 0 Å². The highest BCUT2D eigenvalue weighted by atomic mass is 32.1. The summed E-state index contributed by atoms with van der Waals surface area (Å²) in [7, 11) is 0. The number of nitrogens with one attached hydrogen (secondary N) is 1. The third-order valence-corrected chi connectivity index (χ3v) is 6.87. The van der Waals surface area contributed by atoms with Gasteiger partial charge in [0.05, 0.1) is 0 Å². The van der Waals surface area contributed by atoms with E-state index in [-0.39, 0.29) is 17.2 Å². The van der Waals surface area contributed by atoms with Crippen LogP contribution in [0.5, 0.6) is 0 Å². The molecule has 1 N–H and O–H groups in total. The Kier molecular flexibility index (Phi) is 4.80. The van der Waals surface area contributed by atoms with E-state index in [9.17, 15) is 9.59 Å². The Bertz CT molecular complexity index is 821. The van der Waals surface area contributed by atoms with E-state index in [2.05, 4.69) is 27.0 Å². The molecule has 2 fully saturated rings. The summed E-state index contributed by atoms with van der Waals surface area (Å²) in [5.74, 6) is 0.157. The molecule has 0 radical (unpaired) electrons. The van der Waals surface area contributed by atoms with Crippen molar-refractivity contribution in [2.45, 2.75) is 52.1 Å². The van der Waals surface area contributed by atoms with E-state index in [1.165, 1.54) is 5.56 Å². The molecule has 1 saturated heterocycles. The lowest BCUT2D eigenvalue weighted by atomic mass is 9.92. The number of carbonyl (C=O) groups excluding carboxylic acids is 2. The van der Waals surface area contributed by atoms with Gasteiger partial charge in [-0.2, -0.15) is 16.4 Å². The maximum Gasteiger partial charge on any atom is 0.274 e. The van der Waals surface area contributed by atoms with Crippen LogP contribution in [0.4, 0.5) is 0 Å². The standard InChI is InChI=1S/C20H26N4O2S/c1-3-16-10-17(22-21-16)19(26)23-7-5-20(6-8-23)11-18(20)24(14(2)25)12-15-4-9-27-13-15/h4,9-10,13,18H,3,5-8,11-12H2,1-2H3,(H,21,22)/t18-/m0/s1. The Hall–Kier alpha value is -2.15. The Labute approximate surface area is 163 Å². The fraction of sp³-hybridized carbons (Fsp3) is 0.550. The first-order valence-electron chi connectivity index (χ1n) is 9.64. The van der Waals surface area contributed by atoms with E-state index in [1.807, 2.05) is 22.8 Å². The third-order valence-electron chi connectivity index (χ3n) is 6.14. The van der Waals surface area contributed by atoms with Gasteiger partial charge in [0.1, 0.15) is 5.69 Å². The van der Waals surface area contributed by atoms with Crippen LogP contribution in [0, 0.1) is 5.41 Å². The maximum atomic E-state index is 12.7. The lowest BCUT2D eigenvalue weighted by molar-refractivity contribution is -0.130. The van der Waals surface area contributed by atoms with E-state index in [0.29, 0.717) is 18.3 Å². The second-order valence-corrected chi connectivity index (χ2v) is 8.57. The van der Waals surface area contributed by atoms with Crippen molar-refractivity contribution in [2.75, 3.05) is 13.1 Å². The maximum absolute atomic E-state index is 12.7. The van der Waals surface area contributed by atoms with Crippen LogP contribution in [0.25, 0.3) is 0 Å².